The molecule has 45 heavy (non-hydrogen) atoms. The third kappa shape index (κ3) is 8.79. The molecule has 0 aromatic heterocycles. The molecule has 1 atom stereocenters. The lowest BCUT2D eigenvalue weighted by Gasteiger charge is -2.30. The van der Waals surface area contributed by atoms with Gasteiger partial charge in [-0.25, -0.2) is 9.18 Å². The number of nitrogens with zero attached hydrogens (tertiary/aromatic N) is 1. The number of ketones is 1. The Morgan fingerprint density at radius 3 is 2.16 bits per heavy atom. The lowest BCUT2D eigenvalue weighted by Crippen LogP contribution is -2.41. The van der Waals surface area contributed by atoms with Crippen LogP contribution in [0.2, 0.25) is 0 Å². The molecule has 4 rings (SSSR count). The van der Waals surface area contributed by atoms with E-state index < -0.39 is 23.2 Å². The van der Waals surface area contributed by atoms with Crippen LogP contribution in [0.5, 0.6) is 5.75 Å². The monoisotopic (exact) mass is 610 g/mol. The highest BCUT2D eigenvalue weighted by atomic mass is 19.1. The molecule has 1 unspecified atom stereocenters. The van der Waals surface area contributed by atoms with Crippen LogP contribution in [-0.4, -0.2) is 44.0 Å². The number of para-hydroxylation sites is 2. The second kappa shape index (κ2) is 15.1. The van der Waals surface area contributed by atoms with Crippen molar-refractivity contribution < 1.29 is 28.2 Å². The molecule has 0 aliphatic carbocycles. The Hall–Kier alpha value is -4.98. The quantitative estimate of drug-likeness (QED) is 0.0988. The van der Waals surface area contributed by atoms with Crippen LogP contribution >= 0.6 is 0 Å². The maximum absolute atomic E-state index is 14.5. The minimum Gasteiger partial charge on any atom is -0.494 e. The molecule has 0 spiro atoms. The summed E-state index contributed by atoms with van der Waals surface area (Å²) in [5.74, 6) is -0.597. The summed E-state index contributed by atoms with van der Waals surface area (Å²) in [5.41, 5.74) is 1.99. The number of methoxy groups -OCH3 is 1. The van der Waals surface area contributed by atoms with Gasteiger partial charge in [-0.15, -0.1) is 0 Å². The first-order valence-electron chi connectivity index (χ1n) is 14.9. The van der Waals surface area contributed by atoms with Crippen molar-refractivity contribution in [1.82, 2.24) is 0 Å². The van der Waals surface area contributed by atoms with Crippen molar-refractivity contribution >= 4 is 29.0 Å². The molecule has 0 saturated heterocycles. The van der Waals surface area contributed by atoms with Crippen molar-refractivity contribution in [3.8, 4) is 5.75 Å². The van der Waals surface area contributed by atoms with Gasteiger partial charge >= 0.3 is 5.97 Å². The highest BCUT2D eigenvalue weighted by Crippen LogP contribution is 2.26. The standard InChI is InChI=1S/C37H39FN2O5/c1-37(2,3)36(43)40(33-18-11-9-16-30(33)38)23-12-24-45-28-21-19-26(20-22-28)25-32(35(42)44-4)39-31-17-10-8-15-29(31)34(41)27-13-6-5-7-14-27/h5-11,13-22,32,39H,12,23-25H2,1-4H3. The van der Waals surface area contributed by atoms with Crippen LogP contribution < -0.4 is 15.0 Å². The van der Waals surface area contributed by atoms with Crippen LogP contribution in [0.15, 0.2) is 103 Å². The van der Waals surface area contributed by atoms with E-state index in [-0.39, 0.29) is 17.4 Å². The van der Waals surface area contributed by atoms with Crippen molar-refractivity contribution in [2.24, 2.45) is 5.41 Å². The fourth-order valence-electron chi connectivity index (χ4n) is 4.85. The number of nitrogens with one attached hydrogen (secondary N) is 1. The molecule has 4 aromatic carbocycles. The van der Waals surface area contributed by atoms with Crippen molar-refractivity contribution in [3.05, 3.63) is 126 Å². The van der Waals surface area contributed by atoms with Crippen LogP contribution in [-0.2, 0) is 20.7 Å². The Kier molecular flexibility index (Phi) is 11.1. The molecule has 0 aliphatic heterocycles. The first-order valence-corrected chi connectivity index (χ1v) is 14.9. The maximum atomic E-state index is 14.5. The van der Waals surface area contributed by atoms with E-state index in [1.165, 1.54) is 18.1 Å². The smallest absolute Gasteiger partial charge is 0.328 e. The Morgan fingerprint density at radius 1 is 0.844 bits per heavy atom. The van der Waals surface area contributed by atoms with Crippen LogP contribution in [0.4, 0.5) is 15.8 Å². The Morgan fingerprint density at radius 2 is 1.49 bits per heavy atom. The molecule has 0 heterocycles. The second-order valence-corrected chi connectivity index (χ2v) is 11.7. The first kappa shape index (κ1) is 32.9. The normalized spacial score (nSPS) is 11.8. The number of hydrogen-bond donors (Lipinski definition) is 1. The molecule has 0 fully saturated rings. The van der Waals surface area contributed by atoms with Crippen molar-refractivity contribution in [2.45, 2.75) is 39.7 Å². The summed E-state index contributed by atoms with van der Waals surface area (Å²) >= 11 is 0. The average molecular weight is 611 g/mol. The number of amides is 1. The van der Waals surface area contributed by atoms with Crippen LogP contribution in [0.1, 0.15) is 48.7 Å². The molecule has 0 aliphatic rings. The van der Waals surface area contributed by atoms with Gasteiger partial charge in [-0.3, -0.25) is 9.59 Å². The maximum Gasteiger partial charge on any atom is 0.328 e. The third-order valence-corrected chi connectivity index (χ3v) is 7.21. The summed E-state index contributed by atoms with van der Waals surface area (Å²) < 4.78 is 25.5. The van der Waals surface area contributed by atoms with Crippen LogP contribution in [0.3, 0.4) is 0 Å². The lowest BCUT2D eigenvalue weighted by atomic mass is 9.94. The van der Waals surface area contributed by atoms with Gasteiger partial charge < -0.3 is 19.7 Å². The van der Waals surface area contributed by atoms with E-state index in [4.69, 9.17) is 9.47 Å². The summed E-state index contributed by atoms with van der Waals surface area (Å²) in [6, 6.07) is 28.9. The number of anilines is 2. The van der Waals surface area contributed by atoms with Gasteiger partial charge in [0.25, 0.3) is 0 Å². The van der Waals surface area contributed by atoms with E-state index in [1.54, 1.807) is 54.6 Å². The average Bonchev–Trinajstić information content (AvgIpc) is 3.05. The van der Waals surface area contributed by atoms with Crippen molar-refractivity contribution in [1.29, 1.82) is 0 Å². The van der Waals surface area contributed by atoms with E-state index in [9.17, 15) is 18.8 Å². The molecular weight excluding hydrogens is 571 g/mol. The van der Waals surface area contributed by atoms with E-state index >= 15 is 0 Å². The predicted octanol–water partition coefficient (Wildman–Crippen LogP) is 7.10. The lowest BCUT2D eigenvalue weighted by molar-refractivity contribution is -0.141. The number of carbonyl (C=O) groups is 3. The zero-order valence-electron chi connectivity index (χ0n) is 26.1. The Balaban J connectivity index is 1.38. The largest absolute Gasteiger partial charge is 0.494 e. The molecule has 4 aromatic rings. The van der Waals surface area contributed by atoms with E-state index in [0.717, 1.165) is 5.56 Å². The highest BCUT2D eigenvalue weighted by Gasteiger charge is 2.29. The van der Waals surface area contributed by atoms with Gasteiger partial charge in [0.15, 0.2) is 5.78 Å². The summed E-state index contributed by atoms with van der Waals surface area (Å²) in [4.78, 5) is 40.5. The van der Waals surface area contributed by atoms with Crippen molar-refractivity contribution in [3.63, 3.8) is 0 Å². The molecular formula is C37H39FN2O5. The zero-order valence-corrected chi connectivity index (χ0v) is 26.1. The summed E-state index contributed by atoms with van der Waals surface area (Å²) in [6.45, 7) is 6.05. The Bertz CT molecular complexity index is 1600. The molecule has 1 N–H and O–H groups in total. The van der Waals surface area contributed by atoms with Crippen LogP contribution in [0, 0.1) is 11.2 Å². The molecule has 8 heteroatoms. The zero-order chi connectivity index (χ0) is 32.4. The molecule has 0 bridgehead atoms. The van der Waals surface area contributed by atoms with Gasteiger partial charge in [-0.05, 0) is 48.4 Å². The number of ether oxygens (including phenoxy) is 2. The fourth-order valence-corrected chi connectivity index (χ4v) is 4.85. The van der Waals surface area contributed by atoms with Gasteiger partial charge in [0.05, 0.1) is 19.4 Å². The Labute approximate surface area is 264 Å². The van der Waals surface area contributed by atoms with Gasteiger partial charge in [0.1, 0.15) is 17.6 Å². The van der Waals surface area contributed by atoms with E-state index in [0.29, 0.717) is 48.6 Å². The molecule has 234 valence electrons. The molecule has 0 saturated carbocycles. The fraction of sp³-hybridized carbons (Fsp3) is 0.270. The number of hydrogen-bond acceptors (Lipinski definition) is 6. The van der Waals surface area contributed by atoms with Crippen LogP contribution in [0.25, 0.3) is 0 Å². The van der Waals surface area contributed by atoms with Gasteiger partial charge in [-0.1, -0.05) is 87.5 Å². The van der Waals surface area contributed by atoms with Gasteiger partial charge in [-0.2, -0.15) is 0 Å². The minimum atomic E-state index is -0.740. The number of halogens is 1. The van der Waals surface area contributed by atoms with Gasteiger partial charge in [0, 0.05) is 35.2 Å². The number of carbonyl (C=O) groups excluding carboxylic acids is 3. The molecule has 0 radical (unpaired) electrons. The van der Waals surface area contributed by atoms with E-state index in [1.807, 2.05) is 63.2 Å². The second-order valence-electron chi connectivity index (χ2n) is 11.7. The summed E-state index contributed by atoms with van der Waals surface area (Å²) in [6.07, 6.45) is 0.806. The summed E-state index contributed by atoms with van der Waals surface area (Å²) in [7, 11) is 1.33. The van der Waals surface area contributed by atoms with Gasteiger partial charge in [0.2, 0.25) is 5.91 Å². The highest BCUT2D eigenvalue weighted by molar-refractivity contribution is 6.12. The first-order chi connectivity index (χ1) is 21.6. The molecule has 7 nitrogen and oxygen atoms in total. The third-order valence-electron chi connectivity index (χ3n) is 7.21. The van der Waals surface area contributed by atoms with E-state index in [2.05, 4.69) is 5.32 Å². The molecule has 1 amide bonds. The van der Waals surface area contributed by atoms with Crippen molar-refractivity contribution in [2.75, 3.05) is 30.5 Å². The number of benzene rings is 4. The predicted molar refractivity (Wildman–Crippen MR) is 174 cm³/mol. The minimum absolute atomic E-state index is 0.149. The summed E-state index contributed by atoms with van der Waals surface area (Å²) in [5, 5.41) is 3.22. The number of rotatable bonds is 13. The SMILES string of the molecule is COC(=O)C(Cc1ccc(OCCCN(C(=O)C(C)(C)C)c2ccccc2F)cc1)Nc1ccccc1C(=O)c1ccccc1. The topological polar surface area (TPSA) is 84.9 Å². The number of esters is 1.